The second-order valence-corrected chi connectivity index (χ2v) is 3.47. The fraction of sp³-hybridized carbons (Fsp3) is 0. The van der Waals surface area contributed by atoms with E-state index in [2.05, 4.69) is 4.98 Å². The molecule has 0 radical (unpaired) electrons. The zero-order valence-electron chi connectivity index (χ0n) is 7.61. The van der Waals surface area contributed by atoms with Gasteiger partial charge in [0.05, 0.1) is 11.2 Å². The summed E-state index contributed by atoms with van der Waals surface area (Å²) < 4.78 is 12.9. The Bertz CT molecular complexity index is 502. The van der Waals surface area contributed by atoms with Crippen LogP contribution in [0.1, 0.15) is 0 Å². The van der Waals surface area contributed by atoms with Crippen LogP contribution < -0.4 is 0 Å². The topological polar surface area (TPSA) is 33.1 Å². The monoisotopic (exact) mass is 223 g/mol. The van der Waals surface area contributed by atoms with E-state index in [9.17, 15) is 9.50 Å². The number of hydrogen-bond donors (Lipinski definition) is 1. The van der Waals surface area contributed by atoms with Crippen LogP contribution in [0.25, 0.3) is 11.1 Å². The molecule has 0 atom stereocenters. The minimum atomic E-state index is -0.464. The molecule has 76 valence electrons. The summed E-state index contributed by atoms with van der Waals surface area (Å²) in [6.45, 7) is 0. The Kier molecular flexibility index (Phi) is 2.56. The highest BCUT2D eigenvalue weighted by Crippen LogP contribution is 2.26. The van der Waals surface area contributed by atoms with E-state index in [1.807, 2.05) is 0 Å². The fourth-order valence-corrected chi connectivity index (χ4v) is 1.44. The number of rotatable bonds is 1. The molecule has 15 heavy (non-hydrogen) atoms. The average molecular weight is 224 g/mol. The first-order valence-electron chi connectivity index (χ1n) is 4.26. The molecule has 1 aromatic heterocycles. The van der Waals surface area contributed by atoms with Crippen LogP contribution >= 0.6 is 11.6 Å². The van der Waals surface area contributed by atoms with Crippen molar-refractivity contribution in [1.82, 2.24) is 4.98 Å². The molecule has 0 fully saturated rings. The van der Waals surface area contributed by atoms with Gasteiger partial charge in [0.25, 0.3) is 0 Å². The highest BCUT2D eigenvalue weighted by atomic mass is 35.5. The minimum Gasteiger partial charge on any atom is -0.506 e. The van der Waals surface area contributed by atoms with Gasteiger partial charge < -0.3 is 5.11 Å². The smallest absolute Gasteiger partial charge is 0.141 e. The highest BCUT2D eigenvalue weighted by molar-refractivity contribution is 6.31. The molecule has 0 saturated carbocycles. The molecule has 2 rings (SSSR count). The van der Waals surface area contributed by atoms with Crippen LogP contribution in [0, 0.1) is 5.82 Å². The van der Waals surface area contributed by atoms with Crippen LogP contribution in [0.4, 0.5) is 4.39 Å². The van der Waals surface area contributed by atoms with Crippen LogP contribution in [0.15, 0.2) is 36.7 Å². The SMILES string of the molecule is Oc1cncc(-c2ccc(F)c(Cl)c2)c1. The van der Waals surface area contributed by atoms with E-state index < -0.39 is 5.82 Å². The maximum atomic E-state index is 12.9. The standard InChI is InChI=1S/C11H7ClFNO/c12-10-4-7(1-2-11(10)13)8-3-9(15)6-14-5-8/h1-6,15H. The van der Waals surface area contributed by atoms with E-state index in [-0.39, 0.29) is 10.8 Å². The summed E-state index contributed by atoms with van der Waals surface area (Å²) in [6.07, 6.45) is 2.90. The molecule has 0 aliphatic carbocycles. The number of aromatic nitrogens is 1. The van der Waals surface area contributed by atoms with E-state index in [4.69, 9.17) is 11.6 Å². The lowest BCUT2D eigenvalue weighted by Crippen LogP contribution is -1.82. The number of hydrogen-bond acceptors (Lipinski definition) is 2. The average Bonchev–Trinajstić information content (AvgIpc) is 2.22. The van der Waals surface area contributed by atoms with E-state index in [0.29, 0.717) is 11.1 Å². The molecular formula is C11H7ClFNO. The molecule has 2 nitrogen and oxygen atoms in total. The van der Waals surface area contributed by atoms with Gasteiger partial charge in [-0.15, -0.1) is 0 Å². The maximum Gasteiger partial charge on any atom is 0.141 e. The molecule has 2 aromatic rings. The molecule has 0 saturated heterocycles. The quantitative estimate of drug-likeness (QED) is 0.805. The van der Waals surface area contributed by atoms with Crippen molar-refractivity contribution in [3.05, 3.63) is 47.5 Å². The predicted molar refractivity (Wildman–Crippen MR) is 56.3 cm³/mol. The molecule has 0 aliphatic heterocycles. The second kappa shape index (κ2) is 3.87. The van der Waals surface area contributed by atoms with Gasteiger partial charge in [-0.3, -0.25) is 4.98 Å². The minimum absolute atomic E-state index is 0.0517. The normalized spacial score (nSPS) is 10.3. The van der Waals surface area contributed by atoms with Crippen molar-refractivity contribution in [3.8, 4) is 16.9 Å². The molecule has 0 bridgehead atoms. The fourth-order valence-electron chi connectivity index (χ4n) is 1.26. The third kappa shape index (κ3) is 2.07. The van der Waals surface area contributed by atoms with Gasteiger partial charge in [-0.25, -0.2) is 4.39 Å². The first kappa shape index (κ1) is 9.93. The first-order valence-corrected chi connectivity index (χ1v) is 4.64. The molecular weight excluding hydrogens is 217 g/mol. The van der Waals surface area contributed by atoms with Crippen LogP contribution in [0.3, 0.4) is 0 Å². The Morgan fingerprint density at radius 1 is 1.13 bits per heavy atom. The summed E-state index contributed by atoms with van der Waals surface area (Å²) in [7, 11) is 0. The summed E-state index contributed by atoms with van der Waals surface area (Å²) >= 11 is 5.65. The van der Waals surface area contributed by atoms with Crippen LogP contribution in [0.2, 0.25) is 5.02 Å². The zero-order valence-corrected chi connectivity index (χ0v) is 8.37. The Hall–Kier alpha value is -1.61. The van der Waals surface area contributed by atoms with Crippen molar-refractivity contribution in [2.75, 3.05) is 0 Å². The lowest BCUT2D eigenvalue weighted by molar-refractivity contribution is 0.473. The van der Waals surface area contributed by atoms with Crippen LogP contribution in [0.5, 0.6) is 5.75 Å². The van der Waals surface area contributed by atoms with E-state index in [1.165, 1.54) is 24.4 Å². The summed E-state index contributed by atoms with van der Waals surface area (Å²) in [6, 6.07) is 5.89. The summed E-state index contributed by atoms with van der Waals surface area (Å²) in [5.41, 5.74) is 1.40. The van der Waals surface area contributed by atoms with Crippen molar-refractivity contribution >= 4 is 11.6 Å². The van der Waals surface area contributed by atoms with Gasteiger partial charge in [-0.05, 0) is 23.8 Å². The van der Waals surface area contributed by atoms with Gasteiger partial charge in [0.15, 0.2) is 0 Å². The summed E-state index contributed by atoms with van der Waals surface area (Å²) in [4.78, 5) is 3.83. The van der Waals surface area contributed by atoms with Gasteiger partial charge in [0.1, 0.15) is 11.6 Å². The van der Waals surface area contributed by atoms with Crippen molar-refractivity contribution < 1.29 is 9.50 Å². The van der Waals surface area contributed by atoms with Crippen molar-refractivity contribution in [3.63, 3.8) is 0 Å². The summed E-state index contributed by atoms with van der Waals surface area (Å²) in [5.74, 6) is -0.401. The number of halogens is 2. The lowest BCUT2D eigenvalue weighted by Gasteiger charge is -2.02. The van der Waals surface area contributed by atoms with Crippen molar-refractivity contribution in [2.24, 2.45) is 0 Å². The number of aromatic hydroxyl groups is 1. The van der Waals surface area contributed by atoms with Crippen molar-refractivity contribution in [1.29, 1.82) is 0 Å². The third-order valence-electron chi connectivity index (χ3n) is 1.98. The molecule has 1 N–H and O–H groups in total. The lowest BCUT2D eigenvalue weighted by atomic mass is 10.1. The predicted octanol–water partition coefficient (Wildman–Crippen LogP) is 3.25. The molecule has 0 aliphatic rings. The molecule has 0 amide bonds. The number of pyridine rings is 1. The molecule has 1 aromatic carbocycles. The van der Waals surface area contributed by atoms with Gasteiger partial charge in [-0.1, -0.05) is 17.7 Å². The Morgan fingerprint density at radius 2 is 1.93 bits per heavy atom. The molecule has 0 unspecified atom stereocenters. The third-order valence-corrected chi connectivity index (χ3v) is 2.27. The van der Waals surface area contributed by atoms with E-state index >= 15 is 0 Å². The largest absolute Gasteiger partial charge is 0.506 e. The number of nitrogens with zero attached hydrogens (tertiary/aromatic N) is 1. The molecule has 4 heteroatoms. The summed E-state index contributed by atoms with van der Waals surface area (Å²) in [5, 5.41) is 9.28. The van der Waals surface area contributed by atoms with Crippen molar-refractivity contribution in [2.45, 2.75) is 0 Å². The van der Waals surface area contributed by atoms with E-state index in [0.717, 1.165) is 0 Å². The number of benzene rings is 1. The Morgan fingerprint density at radius 3 is 2.60 bits per heavy atom. The van der Waals surface area contributed by atoms with Crippen LogP contribution in [-0.2, 0) is 0 Å². The molecule has 1 heterocycles. The molecule has 0 spiro atoms. The van der Waals surface area contributed by atoms with Gasteiger partial charge in [0, 0.05) is 11.8 Å². The highest BCUT2D eigenvalue weighted by Gasteiger charge is 2.03. The van der Waals surface area contributed by atoms with Gasteiger partial charge in [0.2, 0.25) is 0 Å². The zero-order chi connectivity index (χ0) is 10.8. The van der Waals surface area contributed by atoms with Gasteiger partial charge >= 0.3 is 0 Å². The Labute approximate surface area is 91.0 Å². The Balaban J connectivity index is 2.50. The maximum absolute atomic E-state index is 12.9. The second-order valence-electron chi connectivity index (χ2n) is 3.06. The van der Waals surface area contributed by atoms with E-state index in [1.54, 1.807) is 12.3 Å². The van der Waals surface area contributed by atoms with Crippen LogP contribution in [-0.4, -0.2) is 10.1 Å². The van der Waals surface area contributed by atoms with Gasteiger partial charge in [-0.2, -0.15) is 0 Å². The first-order chi connectivity index (χ1) is 7.16.